The van der Waals surface area contributed by atoms with Gasteiger partial charge in [0.25, 0.3) is 20.2 Å². The van der Waals surface area contributed by atoms with Gasteiger partial charge >= 0.3 is 5.97 Å². The van der Waals surface area contributed by atoms with E-state index in [1.165, 1.54) is 54.6 Å². The van der Waals surface area contributed by atoms with Crippen LogP contribution in [0.1, 0.15) is 15.9 Å². The van der Waals surface area contributed by atoms with Crippen molar-refractivity contribution in [3.8, 4) is 0 Å². The van der Waals surface area contributed by atoms with Gasteiger partial charge in [-0.15, -0.1) is 5.11 Å². The molecule has 4 N–H and O–H groups in total. The van der Waals surface area contributed by atoms with E-state index in [-0.39, 0.29) is 15.4 Å². The Bertz CT molecular complexity index is 2320. The Morgan fingerprint density at radius 3 is 2.07 bits per heavy atom. The maximum absolute atomic E-state index is 12.1. The standard InChI is InChI=1S/C31H22N4O8S2/c36-30(37)19-2-6-22(7-3-19)34-35-29-13-12-28(27-18-25(45(41,42)43)10-11-26(27)29)31(14-1-15-32-31)33-23-8-4-21-17-24(44(38,39)40)9-5-20(21)16-23/h1-18,33H,(H,36,37)(H,38,39,40)(H,41,42,43). The molecule has 5 aromatic carbocycles. The van der Waals surface area contributed by atoms with E-state index < -0.39 is 31.9 Å². The van der Waals surface area contributed by atoms with Gasteiger partial charge in [0.2, 0.25) is 0 Å². The highest BCUT2D eigenvalue weighted by Gasteiger charge is 2.33. The number of anilines is 1. The first kappa shape index (κ1) is 29.8. The normalized spacial score (nSPS) is 16.6. The lowest BCUT2D eigenvalue weighted by Gasteiger charge is -2.29. The highest BCUT2D eigenvalue weighted by atomic mass is 32.2. The molecule has 5 aromatic rings. The number of benzene rings is 5. The zero-order chi connectivity index (χ0) is 32.0. The number of hydrogen-bond acceptors (Lipinski definition) is 9. The Kier molecular flexibility index (Phi) is 7.29. The van der Waals surface area contributed by atoms with Gasteiger partial charge in [0, 0.05) is 22.9 Å². The molecule has 0 spiro atoms. The summed E-state index contributed by atoms with van der Waals surface area (Å²) in [5.74, 6) is -1.07. The average Bonchev–Trinajstić information content (AvgIpc) is 3.47. The number of nitrogens with zero attached hydrogens (tertiary/aromatic N) is 3. The Hall–Kier alpha value is -5.28. The maximum atomic E-state index is 12.1. The lowest BCUT2D eigenvalue weighted by Crippen LogP contribution is -2.30. The summed E-state index contributed by atoms with van der Waals surface area (Å²) >= 11 is 0. The van der Waals surface area contributed by atoms with Crippen LogP contribution in [0.5, 0.6) is 0 Å². The van der Waals surface area contributed by atoms with Crippen LogP contribution in [-0.2, 0) is 25.9 Å². The summed E-state index contributed by atoms with van der Waals surface area (Å²) in [7, 11) is -8.94. The molecule has 1 atom stereocenters. The van der Waals surface area contributed by atoms with Gasteiger partial charge in [-0.2, -0.15) is 21.9 Å². The molecule has 12 nitrogen and oxygen atoms in total. The van der Waals surface area contributed by atoms with Crippen LogP contribution in [-0.4, -0.2) is 43.2 Å². The van der Waals surface area contributed by atoms with Crippen LogP contribution < -0.4 is 5.32 Å². The number of rotatable bonds is 8. The summed E-state index contributed by atoms with van der Waals surface area (Å²) in [5, 5.41) is 23.2. The third kappa shape index (κ3) is 5.94. The minimum atomic E-state index is -4.57. The van der Waals surface area contributed by atoms with E-state index in [1.807, 2.05) is 0 Å². The highest BCUT2D eigenvalue weighted by Crippen LogP contribution is 2.41. The zero-order valence-electron chi connectivity index (χ0n) is 22.9. The quantitative estimate of drug-likeness (QED) is 0.108. The SMILES string of the molecule is O=C(O)c1ccc(N=Nc2ccc(C3(Nc4ccc5cc(S(=O)(=O)O)ccc5c4)C=CC=N3)c3cc(S(=O)(=O)O)ccc23)cc1. The molecule has 0 radical (unpaired) electrons. The van der Waals surface area contributed by atoms with Gasteiger partial charge in [0.1, 0.15) is 0 Å². The molecular weight excluding hydrogens is 620 g/mol. The van der Waals surface area contributed by atoms with Crippen LogP contribution in [0, 0.1) is 0 Å². The minimum Gasteiger partial charge on any atom is -0.478 e. The van der Waals surface area contributed by atoms with Gasteiger partial charge in [0.15, 0.2) is 5.66 Å². The first-order valence-corrected chi connectivity index (χ1v) is 16.0. The van der Waals surface area contributed by atoms with Crippen molar-refractivity contribution in [3.05, 3.63) is 114 Å². The molecule has 1 unspecified atom stereocenters. The molecule has 45 heavy (non-hydrogen) atoms. The van der Waals surface area contributed by atoms with E-state index in [1.54, 1.807) is 54.8 Å². The lowest BCUT2D eigenvalue weighted by molar-refractivity contribution is 0.0697. The third-order valence-corrected chi connectivity index (χ3v) is 8.91. The first-order chi connectivity index (χ1) is 21.3. The zero-order valence-corrected chi connectivity index (χ0v) is 24.6. The van der Waals surface area contributed by atoms with E-state index in [2.05, 4.69) is 20.5 Å². The van der Waals surface area contributed by atoms with Crippen molar-refractivity contribution < 1.29 is 35.8 Å². The lowest BCUT2D eigenvalue weighted by atomic mass is 9.92. The van der Waals surface area contributed by atoms with Crippen LogP contribution in [0.15, 0.2) is 128 Å². The minimum absolute atomic E-state index is 0.0961. The molecule has 0 amide bonds. The Balaban J connectivity index is 1.45. The average molecular weight is 643 g/mol. The van der Waals surface area contributed by atoms with Crippen LogP contribution >= 0.6 is 0 Å². The molecule has 1 aliphatic heterocycles. The second-order valence-electron chi connectivity index (χ2n) is 10.1. The highest BCUT2D eigenvalue weighted by molar-refractivity contribution is 7.86. The molecule has 0 aliphatic carbocycles. The topological polar surface area (TPSA) is 195 Å². The van der Waals surface area contributed by atoms with E-state index in [4.69, 9.17) is 5.11 Å². The van der Waals surface area contributed by atoms with Crippen LogP contribution in [0.25, 0.3) is 21.5 Å². The van der Waals surface area contributed by atoms with Crippen molar-refractivity contribution in [2.45, 2.75) is 15.5 Å². The number of azo groups is 1. The second-order valence-corrected chi connectivity index (χ2v) is 12.9. The van der Waals surface area contributed by atoms with Gasteiger partial charge in [-0.05, 0) is 95.0 Å². The van der Waals surface area contributed by atoms with Gasteiger partial charge in [-0.1, -0.05) is 24.3 Å². The van der Waals surface area contributed by atoms with Gasteiger partial charge in [0.05, 0.1) is 26.7 Å². The first-order valence-electron chi connectivity index (χ1n) is 13.1. The summed E-state index contributed by atoms with van der Waals surface area (Å²) in [5.41, 5.74) is 0.768. The molecule has 6 rings (SSSR count). The fourth-order valence-corrected chi connectivity index (χ4v) is 6.06. The fraction of sp³-hybridized carbons (Fsp3) is 0.0323. The number of aliphatic imine (C=N–C) groups is 1. The largest absolute Gasteiger partial charge is 0.478 e. The number of aromatic carboxylic acids is 1. The Morgan fingerprint density at radius 2 is 1.40 bits per heavy atom. The van der Waals surface area contributed by atoms with Crippen molar-refractivity contribution in [1.29, 1.82) is 0 Å². The van der Waals surface area contributed by atoms with Gasteiger partial charge in [-0.25, -0.2) is 4.79 Å². The van der Waals surface area contributed by atoms with Crippen LogP contribution in [0.4, 0.5) is 17.1 Å². The molecule has 226 valence electrons. The molecule has 0 aromatic heterocycles. The van der Waals surface area contributed by atoms with Gasteiger partial charge in [-0.3, -0.25) is 14.1 Å². The number of fused-ring (bicyclic) bond motifs is 2. The molecule has 14 heteroatoms. The monoisotopic (exact) mass is 642 g/mol. The number of carbonyl (C=O) groups is 1. The smallest absolute Gasteiger partial charge is 0.335 e. The van der Waals surface area contributed by atoms with Crippen molar-refractivity contribution in [2.24, 2.45) is 15.2 Å². The number of carboxylic acid groups (broad SMARTS) is 1. The number of allylic oxidation sites excluding steroid dienone is 1. The van der Waals surface area contributed by atoms with Crippen LogP contribution in [0.2, 0.25) is 0 Å². The predicted octanol–water partition coefficient (Wildman–Crippen LogP) is 6.51. The number of nitrogens with one attached hydrogen (secondary N) is 1. The Morgan fingerprint density at radius 1 is 0.733 bits per heavy atom. The summed E-state index contributed by atoms with van der Waals surface area (Å²) < 4.78 is 66.6. The van der Waals surface area contributed by atoms with Crippen molar-refractivity contribution in [1.82, 2.24) is 0 Å². The molecule has 0 saturated heterocycles. The summed E-state index contributed by atoms with van der Waals surface area (Å²) in [6.45, 7) is 0. The summed E-state index contributed by atoms with van der Waals surface area (Å²) in [4.78, 5) is 15.3. The molecule has 1 aliphatic rings. The van der Waals surface area contributed by atoms with E-state index in [0.29, 0.717) is 44.2 Å². The van der Waals surface area contributed by atoms with E-state index in [9.17, 15) is 30.7 Å². The molecule has 1 heterocycles. The van der Waals surface area contributed by atoms with Crippen molar-refractivity contribution >= 4 is 71.0 Å². The third-order valence-electron chi connectivity index (χ3n) is 7.21. The summed E-state index contributed by atoms with van der Waals surface area (Å²) in [6.07, 6.45) is 5.08. The Labute approximate surface area is 256 Å². The van der Waals surface area contributed by atoms with Crippen LogP contribution in [0.3, 0.4) is 0 Å². The predicted molar refractivity (Wildman–Crippen MR) is 168 cm³/mol. The number of hydrogen-bond donors (Lipinski definition) is 4. The number of carboxylic acids is 1. The molecular formula is C31H22N4O8S2. The van der Waals surface area contributed by atoms with E-state index >= 15 is 0 Å². The second kappa shape index (κ2) is 11.0. The van der Waals surface area contributed by atoms with E-state index in [0.717, 1.165) is 0 Å². The van der Waals surface area contributed by atoms with Crippen molar-refractivity contribution in [3.63, 3.8) is 0 Å². The summed E-state index contributed by atoms with van der Waals surface area (Å²) in [6, 6.07) is 22.7. The molecule has 0 bridgehead atoms. The van der Waals surface area contributed by atoms with Crippen molar-refractivity contribution in [2.75, 3.05) is 5.32 Å². The fourth-order valence-electron chi connectivity index (χ4n) is 5.04. The molecule has 0 saturated carbocycles. The molecule has 0 fully saturated rings. The maximum Gasteiger partial charge on any atom is 0.335 e. The van der Waals surface area contributed by atoms with Gasteiger partial charge < -0.3 is 10.4 Å².